The first-order chi connectivity index (χ1) is 10.7. The normalized spacial score (nSPS) is 10.6. The molecule has 0 atom stereocenters. The quantitative estimate of drug-likeness (QED) is 0.748. The predicted octanol–water partition coefficient (Wildman–Crippen LogP) is 3.75. The molecule has 3 aromatic rings. The van der Waals surface area contributed by atoms with Gasteiger partial charge in [0, 0.05) is 0 Å². The van der Waals surface area contributed by atoms with Gasteiger partial charge in [0.05, 0.1) is 18.4 Å². The van der Waals surface area contributed by atoms with Gasteiger partial charge in [-0.25, -0.2) is 0 Å². The van der Waals surface area contributed by atoms with Crippen LogP contribution in [0.15, 0.2) is 66.7 Å². The average Bonchev–Trinajstić information content (AvgIpc) is 2.55. The Bertz CT molecular complexity index is 815. The molecule has 0 radical (unpaired) electrons. The number of carbonyl (C=O) groups is 1. The second-order valence-electron chi connectivity index (χ2n) is 4.83. The number of aromatic hydroxyl groups is 1. The topological polar surface area (TPSA) is 49.8 Å². The van der Waals surface area contributed by atoms with Gasteiger partial charge in [0.15, 0.2) is 0 Å². The van der Waals surface area contributed by atoms with Gasteiger partial charge >= 0.3 is 0 Å². The molecular weight excluding hydrogens is 278 g/mol. The number of hydroxylamine groups is 1. The minimum atomic E-state index is -0.419. The van der Waals surface area contributed by atoms with E-state index in [1.807, 2.05) is 42.5 Å². The average molecular weight is 293 g/mol. The standard InChI is InChI=1S/C18H15NO3/c1-22-19(15-9-3-2-4-10-15)18(21)16-11-13-7-5-6-8-14(13)12-17(16)20/h2-12,20H,1H3. The van der Waals surface area contributed by atoms with Crippen molar-refractivity contribution in [1.82, 2.24) is 0 Å². The summed E-state index contributed by atoms with van der Waals surface area (Å²) in [6, 6.07) is 19.8. The number of para-hydroxylation sites is 1. The van der Waals surface area contributed by atoms with Gasteiger partial charge in [-0.05, 0) is 35.0 Å². The lowest BCUT2D eigenvalue weighted by Crippen LogP contribution is -2.29. The summed E-state index contributed by atoms with van der Waals surface area (Å²) in [6.07, 6.45) is 0. The van der Waals surface area contributed by atoms with Gasteiger partial charge in [-0.15, -0.1) is 0 Å². The first-order valence-corrected chi connectivity index (χ1v) is 6.86. The lowest BCUT2D eigenvalue weighted by atomic mass is 10.1. The zero-order valence-corrected chi connectivity index (χ0v) is 12.1. The van der Waals surface area contributed by atoms with Gasteiger partial charge in [0.2, 0.25) is 0 Å². The minimum absolute atomic E-state index is 0.0679. The van der Waals surface area contributed by atoms with E-state index in [-0.39, 0.29) is 11.3 Å². The number of hydrogen-bond donors (Lipinski definition) is 1. The smallest absolute Gasteiger partial charge is 0.285 e. The molecule has 0 saturated heterocycles. The number of benzene rings is 3. The highest BCUT2D eigenvalue weighted by Crippen LogP contribution is 2.27. The first-order valence-electron chi connectivity index (χ1n) is 6.86. The first kappa shape index (κ1) is 14.1. The van der Waals surface area contributed by atoms with Crippen LogP contribution in [0.4, 0.5) is 5.69 Å². The third kappa shape index (κ3) is 2.52. The van der Waals surface area contributed by atoms with E-state index >= 15 is 0 Å². The molecule has 3 rings (SSSR count). The molecule has 0 aliphatic carbocycles. The van der Waals surface area contributed by atoms with Crippen LogP contribution in [0.1, 0.15) is 10.4 Å². The number of amides is 1. The summed E-state index contributed by atoms with van der Waals surface area (Å²) < 4.78 is 0. The molecule has 0 aromatic heterocycles. The van der Waals surface area contributed by atoms with Crippen LogP contribution in [0.3, 0.4) is 0 Å². The number of carbonyl (C=O) groups excluding carboxylic acids is 1. The van der Waals surface area contributed by atoms with E-state index in [1.54, 1.807) is 24.3 Å². The van der Waals surface area contributed by atoms with Crippen molar-refractivity contribution in [3.8, 4) is 5.75 Å². The van der Waals surface area contributed by atoms with Crippen molar-refractivity contribution in [3.05, 3.63) is 72.3 Å². The molecule has 0 heterocycles. The van der Waals surface area contributed by atoms with Crippen LogP contribution >= 0.6 is 0 Å². The maximum Gasteiger partial charge on any atom is 0.285 e. The zero-order chi connectivity index (χ0) is 15.5. The molecule has 0 bridgehead atoms. The number of phenols is 1. The lowest BCUT2D eigenvalue weighted by molar-refractivity contribution is 0.0771. The van der Waals surface area contributed by atoms with Gasteiger partial charge in [0.25, 0.3) is 5.91 Å². The van der Waals surface area contributed by atoms with Gasteiger partial charge < -0.3 is 5.11 Å². The van der Waals surface area contributed by atoms with Gasteiger partial charge in [-0.3, -0.25) is 9.63 Å². The molecule has 4 heteroatoms. The molecule has 0 unspecified atom stereocenters. The van der Waals surface area contributed by atoms with Crippen molar-refractivity contribution in [2.45, 2.75) is 0 Å². The number of anilines is 1. The van der Waals surface area contributed by atoms with Crippen molar-refractivity contribution in [3.63, 3.8) is 0 Å². The summed E-state index contributed by atoms with van der Waals surface area (Å²) >= 11 is 0. The molecular formula is C18H15NO3. The summed E-state index contributed by atoms with van der Waals surface area (Å²) in [7, 11) is 1.42. The second kappa shape index (κ2) is 5.87. The molecule has 0 saturated carbocycles. The second-order valence-corrected chi connectivity index (χ2v) is 4.83. The Kier molecular flexibility index (Phi) is 3.76. The van der Waals surface area contributed by atoms with E-state index in [4.69, 9.17) is 4.84 Å². The van der Waals surface area contributed by atoms with Gasteiger partial charge in [-0.1, -0.05) is 42.5 Å². The Morgan fingerprint density at radius 3 is 2.18 bits per heavy atom. The fourth-order valence-corrected chi connectivity index (χ4v) is 2.38. The highest BCUT2D eigenvalue weighted by atomic mass is 16.7. The Balaban J connectivity index is 2.05. The maximum absolute atomic E-state index is 12.7. The fraction of sp³-hybridized carbons (Fsp3) is 0.0556. The number of rotatable bonds is 3. The molecule has 0 spiro atoms. The molecule has 0 aliphatic heterocycles. The molecule has 1 amide bonds. The molecule has 0 aliphatic rings. The monoisotopic (exact) mass is 293 g/mol. The molecule has 1 N–H and O–H groups in total. The largest absolute Gasteiger partial charge is 0.507 e. The molecule has 110 valence electrons. The maximum atomic E-state index is 12.7. The van der Waals surface area contributed by atoms with Crippen LogP contribution < -0.4 is 5.06 Å². The van der Waals surface area contributed by atoms with E-state index < -0.39 is 5.91 Å². The number of hydrogen-bond acceptors (Lipinski definition) is 3. The van der Waals surface area contributed by atoms with E-state index in [9.17, 15) is 9.90 Å². The highest BCUT2D eigenvalue weighted by molar-refractivity contribution is 6.08. The van der Waals surface area contributed by atoms with Crippen LogP contribution in [-0.4, -0.2) is 18.1 Å². The van der Waals surface area contributed by atoms with Crippen LogP contribution in [0.2, 0.25) is 0 Å². The number of nitrogens with zero attached hydrogens (tertiary/aromatic N) is 1. The van der Waals surface area contributed by atoms with Gasteiger partial charge in [0.1, 0.15) is 5.75 Å². The van der Waals surface area contributed by atoms with Crippen LogP contribution in [0, 0.1) is 0 Å². The highest BCUT2D eigenvalue weighted by Gasteiger charge is 2.21. The SMILES string of the molecule is CON(C(=O)c1cc2ccccc2cc1O)c1ccccc1. The summed E-state index contributed by atoms with van der Waals surface area (Å²) in [5.74, 6) is -0.487. The van der Waals surface area contributed by atoms with Crippen molar-refractivity contribution in [2.24, 2.45) is 0 Å². The summed E-state index contributed by atoms with van der Waals surface area (Å²) in [5, 5.41) is 13.1. The van der Waals surface area contributed by atoms with E-state index in [2.05, 4.69) is 0 Å². The predicted molar refractivity (Wildman–Crippen MR) is 85.9 cm³/mol. The molecule has 22 heavy (non-hydrogen) atoms. The number of phenolic OH excluding ortho intramolecular Hbond substituents is 1. The third-order valence-electron chi connectivity index (χ3n) is 3.45. The summed E-state index contributed by atoms with van der Waals surface area (Å²) in [4.78, 5) is 17.9. The Morgan fingerprint density at radius 2 is 1.55 bits per heavy atom. The van der Waals surface area contributed by atoms with Crippen molar-refractivity contribution in [2.75, 3.05) is 12.2 Å². The van der Waals surface area contributed by atoms with E-state index in [0.717, 1.165) is 15.8 Å². The van der Waals surface area contributed by atoms with E-state index in [1.165, 1.54) is 7.11 Å². The lowest BCUT2D eigenvalue weighted by Gasteiger charge is -2.20. The van der Waals surface area contributed by atoms with E-state index in [0.29, 0.717) is 5.69 Å². The number of fused-ring (bicyclic) bond motifs is 1. The molecule has 3 aromatic carbocycles. The Morgan fingerprint density at radius 1 is 0.955 bits per heavy atom. The molecule has 4 nitrogen and oxygen atoms in total. The summed E-state index contributed by atoms with van der Waals surface area (Å²) in [5.41, 5.74) is 0.798. The van der Waals surface area contributed by atoms with Crippen LogP contribution in [0.25, 0.3) is 10.8 Å². The fourth-order valence-electron chi connectivity index (χ4n) is 2.38. The van der Waals surface area contributed by atoms with Crippen molar-refractivity contribution < 1.29 is 14.7 Å². The molecule has 0 fully saturated rings. The zero-order valence-electron chi connectivity index (χ0n) is 12.1. The van der Waals surface area contributed by atoms with Crippen molar-refractivity contribution in [1.29, 1.82) is 0 Å². The third-order valence-corrected chi connectivity index (χ3v) is 3.45. The summed E-state index contributed by atoms with van der Waals surface area (Å²) in [6.45, 7) is 0. The minimum Gasteiger partial charge on any atom is -0.507 e. The van der Waals surface area contributed by atoms with Crippen LogP contribution in [0.5, 0.6) is 5.75 Å². The Labute approximate surface area is 128 Å². The van der Waals surface area contributed by atoms with Crippen molar-refractivity contribution >= 4 is 22.4 Å². The van der Waals surface area contributed by atoms with Gasteiger partial charge in [-0.2, -0.15) is 5.06 Å². The van der Waals surface area contributed by atoms with Crippen LogP contribution in [-0.2, 0) is 4.84 Å². The Hall–Kier alpha value is -2.85.